The number of pyridine rings is 1. The Labute approximate surface area is 145 Å². The first-order chi connectivity index (χ1) is 12.2. The Morgan fingerprint density at radius 2 is 2.16 bits per heavy atom. The molecule has 3 heterocycles. The summed E-state index contributed by atoms with van der Waals surface area (Å²) >= 11 is 0. The van der Waals surface area contributed by atoms with Crippen LogP contribution in [-0.4, -0.2) is 50.8 Å². The van der Waals surface area contributed by atoms with E-state index in [2.05, 4.69) is 20.2 Å². The van der Waals surface area contributed by atoms with Gasteiger partial charge >= 0.3 is 5.97 Å². The summed E-state index contributed by atoms with van der Waals surface area (Å²) in [5.74, 6) is 2.09. The van der Waals surface area contributed by atoms with Crippen LogP contribution in [0, 0.1) is 11.8 Å². The average Bonchev–Trinajstić information content (AvgIpc) is 3.02. The molecule has 1 N–H and O–H groups in total. The third-order valence-electron chi connectivity index (χ3n) is 4.86. The Kier molecular flexibility index (Phi) is 4.12. The smallest absolute Gasteiger partial charge is 0.360 e. The normalized spacial score (nSPS) is 21.3. The number of aliphatic hydroxyl groups excluding tert-OH is 1. The van der Waals surface area contributed by atoms with Gasteiger partial charge in [-0.15, -0.1) is 5.10 Å². The molecule has 25 heavy (non-hydrogen) atoms. The predicted octanol–water partition coefficient (Wildman–Crippen LogP) is 0.847. The quantitative estimate of drug-likeness (QED) is 0.777. The number of carbonyl (C=O) groups is 1. The maximum Gasteiger partial charge on any atom is 0.360 e. The van der Waals surface area contributed by atoms with Gasteiger partial charge in [0, 0.05) is 13.1 Å². The van der Waals surface area contributed by atoms with Gasteiger partial charge in [-0.25, -0.2) is 14.5 Å². The highest BCUT2D eigenvalue weighted by atomic mass is 16.5. The molecule has 8 nitrogen and oxygen atoms in total. The fourth-order valence-corrected chi connectivity index (χ4v) is 3.41. The number of esters is 1. The molecule has 1 aliphatic carbocycles. The first kappa shape index (κ1) is 16.0. The number of piperidine rings is 1. The molecule has 0 spiro atoms. The molecule has 2 aliphatic rings. The van der Waals surface area contributed by atoms with E-state index >= 15 is 0 Å². The van der Waals surface area contributed by atoms with Gasteiger partial charge < -0.3 is 14.7 Å². The van der Waals surface area contributed by atoms with Gasteiger partial charge in [-0.1, -0.05) is 11.3 Å². The highest BCUT2D eigenvalue weighted by molar-refractivity contribution is 5.86. The van der Waals surface area contributed by atoms with Crippen LogP contribution in [0.5, 0.6) is 0 Å². The number of anilines is 1. The molecular formula is C17H21N5O3. The molecule has 2 aromatic rings. The molecule has 0 radical (unpaired) electrons. The molecule has 2 atom stereocenters. The van der Waals surface area contributed by atoms with Crippen LogP contribution in [0.1, 0.15) is 35.1 Å². The van der Waals surface area contributed by atoms with E-state index in [4.69, 9.17) is 4.74 Å². The SMILES string of the molecule is CCOC(=O)c1cn(Cc2ccc(N3CC4C[C@H]4C3)nc2CO)nn1. The van der Waals surface area contributed by atoms with Crippen molar-refractivity contribution in [3.8, 4) is 0 Å². The zero-order valence-electron chi connectivity index (χ0n) is 14.1. The van der Waals surface area contributed by atoms with Gasteiger partial charge in [-0.3, -0.25) is 0 Å². The van der Waals surface area contributed by atoms with E-state index in [0.717, 1.165) is 36.3 Å². The number of ether oxygens (including phenoxy) is 1. The minimum absolute atomic E-state index is 0.136. The van der Waals surface area contributed by atoms with Crippen molar-refractivity contribution in [2.24, 2.45) is 11.8 Å². The van der Waals surface area contributed by atoms with Crippen LogP contribution < -0.4 is 4.90 Å². The molecule has 8 heteroatoms. The Hall–Kier alpha value is -2.48. The summed E-state index contributed by atoms with van der Waals surface area (Å²) in [6.07, 6.45) is 2.89. The lowest BCUT2D eigenvalue weighted by atomic mass is 10.2. The summed E-state index contributed by atoms with van der Waals surface area (Å²) in [5, 5.41) is 17.5. The van der Waals surface area contributed by atoms with Crippen LogP contribution in [0.3, 0.4) is 0 Å². The minimum Gasteiger partial charge on any atom is -0.461 e. The Balaban J connectivity index is 1.49. The van der Waals surface area contributed by atoms with E-state index in [1.54, 1.807) is 17.8 Å². The third kappa shape index (κ3) is 3.21. The van der Waals surface area contributed by atoms with Crippen molar-refractivity contribution >= 4 is 11.8 Å². The number of fused-ring (bicyclic) bond motifs is 1. The lowest BCUT2D eigenvalue weighted by Crippen LogP contribution is -2.23. The lowest BCUT2D eigenvalue weighted by Gasteiger charge is -2.20. The molecule has 0 aromatic carbocycles. The molecule has 1 saturated carbocycles. The van der Waals surface area contributed by atoms with E-state index in [1.165, 1.54) is 6.42 Å². The molecule has 2 aromatic heterocycles. The van der Waals surface area contributed by atoms with E-state index in [-0.39, 0.29) is 12.3 Å². The van der Waals surface area contributed by atoms with Crippen molar-refractivity contribution in [2.75, 3.05) is 24.6 Å². The maximum absolute atomic E-state index is 11.7. The molecule has 4 rings (SSSR count). The number of nitrogens with zero attached hydrogens (tertiary/aromatic N) is 5. The average molecular weight is 343 g/mol. The van der Waals surface area contributed by atoms with Crippen molar-refractivity contribution in [2.45, 2.75) is 26.5 Å². The van der Waals surface area contributed by atoms with Crippen molar-refractivity contribution in [3.63, 3.8) is 0 Å². The van der Waals surface area contributed by atoms with E-state index in [9.17, 15) is 9.90 Å². The van der Waals surface area contributed by atoms with Gasteiger partial charge in [0.05, 0.1) is 31.6 Å². The first-order valence-corrected chi connectivity index (χ1v) is 8.59. The third-order valence-corrected chi connectivity index (χ3v) is 4.86. The van der Waals surface area contributed by atoms with Crippen LogP contribution in [0.25, 0.3) is 0 Å². The maximum atomic E-state index is 11.7. The van der Waals surface area contributed by atoms with Gasteiger partial charge in [0.25, 0.3) is 0 Å². The zero-order chi connectivity index (χ0) is 17.4. The number of hydrogen-bond donors (Lipinski definition) is 1. The summed E-state index contributed by atoms with van der Waals surface area (Å²) in [6, 6.07) is 3.95. The molecule has 0 amide bonds. The van der Waals surface area contributed by atoms with Crippen molar-refractivity contribution in [1.82, 2.24) is 20.0 Å². The monoisotopic (exact) mass is 343 g/mol. The van der Waals surface area contributed by atoms with Gasteiger partial charge in [0.2, 0.25) is 0 Å². The van der Waals surface area contributed by atoms with Crippen molar-refractivity contribution in [3.05, 3.63) is 35.3 Å². The fourth-order valence-electron chi connectivity index (χ4n) is 3.41. The second-order valence-electron chi connectivity index (χ2n) is 6.62. The summed E-state index contributed by atoms with van der Waals surface area (Å²) in [6.45, 7) is 4.42. The highest BCUT2D eigenvalue weighted by Crippen LogP contribution is 2.45. The van der Waals surface area contributed by atoms with Crippen molar-refractivity contribution in [1.29, 1.82) is 0 Å². The zero-order valence-corrected chi connectivity index (χ0v) is 14.1. The summed E-state index contributed by atoms with van der Waals surface area (Å²) in [4.78, 5) is 18.6. The second-order valence-corrected chi connectivity index (χ2v) is 6.62. The molecular weight excluding hydrogens is 322 g/mol. The van der Waals surface area contributed by atoms with Crippen LogP contribution in [0.15, 0.2) is 18.3 Å². The van der Waals surface area contributed by atoms with Crippen LogP contribution in [0.4, 0.5) is 5.82 Å². The Morgan fingerprint density at radius 3 is 2.88 bits per heavy atom. The largest absolute Gasteiger partial charge is 0.461 e. The Bertz CT molecular complexity index is 780. The van der Waals surface area contributed by atoms with E-state index in [1.807, 2.05) is 12.1 Å². The Morgan fingerprint density at radius 1 is 1.36 bits per heavy atom. The standard InChI is InChI=1S/C17H21N5O3/c1-2-25-17(24)14-9-22(20-19-14)8-11-3-4-16(18-15(11)10-23)21-6-12-5-13(12)7-21/h3-4,9,12-13,23H,2,5-8,10H2,1H3/t12-,13?/m0/s1. The molecule has 1 aliphatic heterocycles. The highest BCUT2D eigenvalue weighted by Gasteiger charge is 2.45. The predicted molar refractivity (Wildman–Crippen MR) is 89.1 cm³/mol. The summed E-state index contributed by atoms with van der Waals surface area (Å²) in [5.41, 5.74) is 1.66. The topological polar surface area (TPSA) is 93.4 Å². The number of rotatable bonds is 6. The number of hydrogen-bond acceptors (Lipinski definition) is 7. The number of aromatic nitrogens is 4. The summed E-state index contributed by atoms with van der Waals surface area (Å²) in [7, 11) is 0. The molecule has 132 valence electrons. The van der Waals surface area contributed by atoms with E-state index in [0.29, 0.717) is 18.8 Å². The molecule has 2 fully saturated rings. The molecule has 1 saturated heterocycles. The van der Waals surface area contributed by atoms with Crippen molar-refractivity contribution < 1.29 is 14.6 Å². The second kappa shape index (κ2) is 6.44. The summed E-state index contributed by atoms with van der Waals surface area (Å²) < 4.78 is 6.46. The molecule has 0 bridgehead atoms. The van der Waals surface area contributed by atoms with Gasteiger partial charge in [-0.2, -0.15) is 0 Å². The lowest BCUT2D eigenvalue weighted by molar-refractivity contribution is 0.0519. The number of carbonyl (C=O) groups excluding carboxylic acids is 1. The number of aliphatic hydroxyl groups is 1. The van der Waals surface area contributed by atoms with Gasteiger partial charge in [-0.05, 0) is 36.8 Å². The van der Waals surface area contributed by atoms with Crippen LogP contribution in [-0.2, 0) is 17.9 Å². The minimum atomic E-state index is -0.489. The van der Waals surface area contributed by atoms with Crippen LogP contribution in [0.2, 0.25) is 0 Å². The van der Waals surface area contributed by atoms with Gasteiger partial charge in [0.1, 0.15) is 5.82 Å². The van der Waals surface area contributed by atoms with E-state index < -0.39 is 5.97 Å². The first-order valence-electron chi connectivity index (χ1n) is 8.59. The molecule has 1 unspecified atom stereocenters. The fraction of sp³-hybridized carbons (Fsp3) is 0.529. The van der Waals surface area contributed by atoms with Gasteiger partial charge in [0.15, 0.2) is 5.69 Å². The van der Waals surface area contributed by atoms with Crippen LogP contribution >= 0.6 is 0 Å².